The number of aryl methyl sites for hydroxylation is 1. The van der Waals surface area contributed by atoms with E-state index in [2.05, 4.69) is 74.2 Å². The van der Waals surface area contributed by atoms with Crippen molar-refractivity contribution in [1.29, 1.82) is 0 Å². The van der Waals surface area contributed by atoms with Gasteiger partial charge in [-0.3, -0.25) is 4.99 Å². The van der Waals surface area contributed by atoms with Crippen LogP contribution in [-0.2, 0) is 24.9 Å². The molecule has 0 amide bonds. The van der Waals surface area contributed by atoms with Crippen LogP contribution in [0.25, 0.3) is 0 Å². The quantitative estimate of drug-likeness (QED) is 0.381. The molecule has 6 heteroatoms. The number of rotatable bonds is 9. The number of nitrogens with zero attached hydrogens (tertiary/aromatic N) is 3. The van der Waals surface area contributed by atoms with Crippen LogP contribution in [-0.4, -0.2) is 42.7 Å². The molecule has 1 N–H and O–H groups in total. The van der Waals surface area contributed by atoms with Gasteiger partial charge in [0.15, 0.2) is 5.96 Å². The highest BCUT2D eigenvalue weighted by molar-refractivity contribution is 9.10. The molecule has 0 spiro atoms. The fraction of sp³-hybridized carbons (Fsp3) is 0.450. The lowest BCUT2D eigenvalue weighted by molar-refractivity contribution is 0.117. The second-order valence-electron chi connectivity index (χ2n) is 6.34. The van der Waals surface area contributed by atoms with E-state index in [0.29, 0.717) is 6.61 Å². The van der Waals surface area contributed by atoms with Crippen LogP contribution in [0.3, 0.4) is 0 Å². The average molecular weight is 421 g/mol. The lowest BCUT2D eigenvalue weighted by Gasteiger charge is -2.22. The van der Waals surface area contributed by atoms with Crippen molar-refractivity contribution in [2.24, 2.45) is 12.0 Å². The van der Waals surface area contributed by atoms with Crippen LogP contribution in [0.2, 0.25) is 0 Å². The van der Waals surface area contributed by atoms with Crippen LogP contribution in [0, 0.1) is 0 Å². The summed E-state index contributed by atoms with van der Waals surface area (Å²) in [7, 11) is 5.93. The van der Waals surface area contributed by atoms with E-state index in [4.69, 9.17) is 4.74 Å². The molecule has 2 rings (SSSR count). The van der Waals surface area contributed by atoms with E-state index >= 15 is 0 Å². The van der Waals surface area contributed by atoms with Gasteiger partial charge in [0.25, 0.3) is 0 Å². The topological polar surface area (TPSA) is 41.8 Å². The van der Waals surface area contributed by atoms with Crippen LogP contribution < -0.4 is 5.32 Å². The first-order valence-corrected chi connectivity index (χ1v) is 9.73. The molecule has 5 nitrogen and oxygen atoms in total. The van der Waals surface area contributed by atoms with Gasteiger partial charge in [-0.1, -0.05) is 30.3 Å². The summed E-state index contributed by atoms with van der Waals surface area (Å²) in [5.41, 5.74) is 2.46. The zero-order valence-electron chi connectivity index (χ0n) is 15.9. The van der Waals surface area contributed by atoms with Crippen LogP contribution >= 0.6 is 15.9 Å². The predicted octanol–water partition coefficient (Wildman–Crippen LogP) is 3.79. The molecule has 26 heavy (non-hydrogen) atoms. The Bertz CT molecular complexity index is 684. The minimum atomic E-state index is 0.685. The summed E-state index contributed by atoms with van der Waals surface area (Å²) < 4.78 is 8.94. The van der Waals surface area contributed by atoms with E-state index in [1.807, 2.05) is 25.2 Å². The molecular formula is C20H29BrN4O. The van der Waals surface area contributed by atoms with E-state index in [9.17, 15) is 0 Å². The minimum absolute atomic E-state index is 0.685. The van der Waals surface area contributed by atoms with Crippen molar-refractivity contribution in [2.45, 2.75) is 26.0 Å². The van der Waals surface area contributed by atoms with Crippen molar-refractivity contribution >= 4 is 21.9 Å². The normalized spacial score (nSPS) is 11.6. The summed E-state index contributed by atoms with van der Waals surface area (Å²) in [6.45, 7) is 3.16. The number of aromatic nitrogens is 1. The predicted molar refractivity (Wildman–Crippen MR) is 111 cm³/mol. The number of aliphatic imine (C=N–C) groups is 1. The number of hydrogen-bond acceptors (Lipinski definition) is 2. The van der Waals surface area contributed by atoms with Gasteiger partial charge < -0.3 is 19.5 Å². The second kappa shape index (κ2) is 11.0. The number of ether oxygens (including phenoxy) is 1. The van der Waals surface area contributed by atoms with Crippen LogP contribution in [0.15, 0.2) is 52.1 Å². The van der Waals surface area contributed by atoms with E-state index in [0.717, 1.165) is 43.0 Å². The Morgan fingerprint density at radius 1 is 1.27 bits per heavy atom. The third-order valence-corrected chi connectivity index (χ3v) is 4.59. The lowest BCUT2D eigenvalue weighted by Crippen LogP contribution is -2.39. The van der Waals surface area contributed by atoms with Crippen molar-refractivity contribution in [3.8, 4) is 0 Å². The van der Waals surface area contributed by atoms with Crippen molar-refractivity contribution in [2.75, 3.05) is 27.2 Å². The molecule has 0 aliphatic carbocycles. The molecule has 0 atom stereocenters. The van der Waals surface area contributed by atoms with Gasteiger partial charge in [0.1, 0.15) is 0 Å². The van der Waals surface area contributed by atoms with Crippen molar-refractivity contribution in [1.82, 2.24) is 14.8 Å². The monoisotopic (exact) mass is 420 g/mol. The van der Waals surface area contributed by atoms with E-state index in [-0.39, 0.29) is 0 Å². The standard InChI is InChI=1S/C20H29BrN4O/c1-22-20(25(3)15-19-13-18(21)14-24(19)2)23-11-7-8-12-26-16-17-9-5-4-6-10-17/h4-6,9-10,13-14H,7-8,11-12,15-16H2,1-3H3,(H,22,23). The Balaban J connectivity index is 1.61. The van der Waals surface area contributed by atoms with Crippen LogP contribution in [0.5, 0.6) is 0 Å². The third-order valence-electron chi connectivity index (χ3n) is 4.16. The van der Waals surface area contributed by atoms with Gasteiger partial charge in [-0.15, -0.1) is 0 Å². The van der Waals surface area contributed by atoms with Crippen molar-refractivity contribution < 1.29 is 4.74 Å². The fourth-order valence-electron chi connectivity index (χ4n) is 2.72. The lowest BCUT2D eigenvalue weighted by atomic mass is 10.2. The first kappa shape index (κ1) is 20.5. The van der Waals surface area contributed by atoms with Gasteiger partial charge in [-0.25, -0.2) is 0 Å². The molecule has 1 heterocycles. The maximum Gasteiger partial charge on any atom is 0.193 e. The van der Waals surface area contributed by atoms with Gasteiger partial charge in [0.05, 0.1) is 13.2 Å². The molecule has 0 aliphatic rings. The van der Waals surface area contributed by atoms with Crippen LogP contribution in [0.1, 0.15) is 24.1 Å². The molecule has 2 aromatic rings. The molecule has 0 saturated carbocycles. The number of guanidine groups is 1. The number of benzene rings is 1. The third kappa shape index (κ3) is 6.84. The highest BCUT2D eigenvalue weighted by atomic mass is 79.9. The maximum absolute atomic E-state index is 5.72. The summed E-state index contributed by atoms with van der Waals surface area (Å²) in [5.74, 6) is 0.910. The molecule has 0 aliphatic heterocycles. The Morgan fingerprint density at radius 3 is 2.69 bits per heavy atom. The Kier molecular flexibility index (Phi) is 8.71. The zero-order valence-corrected chi connectivity index (χ0v) is 17.5. The minimum Gasteiger partial charge on any atom is -0.377 e. The molecular weight excluding hydrogens is 392 g/mol. The molecule has 0 radical (unpaired) electrons. The van der Waals surface area contributed by atoms with Gasteiger partial charge in [-0.05, 0) is 40.4 Å². The summed E-state index contributed by atoms with van der Waals surface area (Å²) in [6.07, 6.45) is 4.15. The number of hydrogen-bond donors (Lipinski definition) is 1. The van der Waals surface area contributed by atoms with Gasteiger partial charge in [0.2, 0.25) is 0 Å². The Labute approximate surface area is 165 Å². The number of halogens is 1. The molecule has 0 bridgehead atoms. The SMILES string of the molecule is CN=C(NCCCCOCc1ccccc1)N(C)Cc1cc(Br)cn1C. The summed E-state index contributed by atoms with van der Waals surface area (Å²) >= 11 is 3.52. The van der Waals surface area contributed by atoms with Gasteiger partial charge in [0, 0.05) is 50.7 Å². The van der Waals surface area contributed by atoms with Crippen molar-refractivity contribution in [3.63, 3.8) is 0 Å². The van der Waals surface area contributed by atoms with Gasteiger partial charge >= 0.3 is 0 Å². The average Bonchev–Trinajstić information content (AvgIpc) is 2.95. The molecule has 142 valence electrons. The highest BCUT2D eigenvalue weighted by Crippen LogP contribution is 2.14. The molecule has 1 aromatic carbocycles. The summed E-state index contributed by atoms with van der Waals surface area (Å²) in [4.78, 5) is 6.51. The van der Waals surface area contributed by atoms with E-state index in [1.165, 1.54) is 11.3 Å². The maximum atomic E-state index is 5.72. The van der Waals surface area contributed by atoms with Crippen LogP contribution in [0.4, 0.5) is 0 Å². The number of unbranched alkanes of at least 4 members (excludes halogenated alkanes) is 1. The number of nitrogens with one attached hydrogen (secondary N) is 1. The first-order chi connectivity index (χ1) is 12.6. The largest absolute Gasteiger partial charge is 0.377 e. The smallest absolute Gasteiger partial charge is 0.193 e. The Morgan fingerprint density at radius 2 is 2.04 bits per heavy atom. The molecule has 1 aromatic heterocycles. The fourth-order valence-corrected chi connectivity index (χ4v) is 3.29. The molecule has 0 unspecified atom stereocenters. The summed E-state index contributed by atoms with van der Waals surface area (Å²) in [5, 5.41) is 3.42. The summed E-state index contributed by atoms with van der Waals surface area (Å²) in [6, 6.07) is 12.4. The zero-order chi connectivity index (χ0) is 18.8. The first-order valence-electron chi connectivity index (χ1n) is 8.94. The Hall–Kier alpha value is -1.79. The van der Waals surface area contributed by atoms with E-state index in [1.54, 1.807) is 0 Å². The van der Waals surface area contributed by atoms with E-state index < -0.39 is 0 Å². The van der Waals surface area contributed by atoms with Gasteiger partial charge in [-0.2, -0.15) is 0 Å². The van der Waals surface area contributed by atoms with Crippen molar-refractivity contribution in [3.05, 3.63) is 58.3 Å². The molecule has 0 saturated heterocycles. The second-order valence-corrected chi connectivity index (χ2v) is 7.25. The molecule has 0 fully saturated rings. The highest BCUT2D eigenvalue weighted by Gasteiger charge is 2.09.